The summed E-state index contributed by atoms with van der Waals surface area (Å²) in [4.78, 5) is 30.2. The SMILES string of the molecule is CN(C)CCN1CCN(C(=O)CNC(=O)c2ccc(F)cc2F)CC1. The van der Waals surface area contributed by atoms with Crippen molar-refractivity contribution in [1.82, 2.24) is 20.0 Å². The zero-order valence-electron chi connectivity index (χ0n) is 14.6. The van der Waals surface area contributed by atoms with Gasteiger partial charge >= 0.3 is 0 Å². The molecule has 1 aromatic carbocycles. The number of nitrogens with one attached hydrogen (secondary N) is 1. The first-order valence-corrected chi connectivity index (χ1v) is 8.25. The van der Waals surface area contributed by atoms with E-state index in [0.29, 0.717) is 19.2 Å². The van der Waals surface area contributed by atoms with E-state index >= 15 is 0 Å². The topological polar surface area (TPSA) is 55.9 Å². The molecule has 138 valence electrons. The van der Waals surface area contributed by atoms with E-state index in [4.69, 9.17) is 0 Å². The molecule has 2 amide bonds. The molecule has 0 spiro atoms. The van der Waals surface area contributed by atoms with Gasteiger partial charge in [-0.2, -0.15) is 0 Å². The summed E-state index contributed by atoms with van der Waals surface area (Å²) in [7, 11) is 4.04. The molecule has 25 heavy (non-hydrogen) atoms. The Morgan fingerprint density at radius 2 is 1.84 bits per heavy atom. The van der Waals surface area contributed by atoms with Crippen molar-refractivity contribution in [2.45, 2.75) is 0 Å². The van der Waals surface area contributed by atoms with Gasteiger partial charge in [-0.3, -0.25) is 14.5 Å². The van der Waals surface area contributed by atoms with E-state index in [9.17, 15) is 18.4 Å². The van der Waals surface area contributed by atoms with Gasteiger partial charge in [-0.25, -0.2) is 8.78 Å². The van der Waals surface area contributed by atoms with Gasteiger partial charge in [0, 0.05) is 45.3 Å². The third kappa shape index (κ3) is 5.75. The number of hydrogen-bond acceptors (Lipinski definition) is 4. The summed E-state index contributed by atoms with van der Waals surface area (Å²) >= 11 is 0. The van der Waals surface area contributed by atoms with Crippen molar-refractivity contribution in [2.75, 3.05) is 59.9 Å². The lowest BCUT2D eigenvalue weighted by molar-refractivity contribution is -0.131. The molecule has 6 nitrogen and oxygen atoms in total. The van der Waals surface area contributed by atoms with Crippen LogP contribution in [0, 0.1) is 11.6 Å². The Kier molecular flexibility index (Phi) is 6.83. The Balaban J connectivity index is 1.76. The second-order valence-corrected chi connectivity index (χ2v) is 6.33. The van der Waals surface area contributed by atoms with E-state index < -0.39 is 17.5 Å². The van der Waals surface area contributed by atoms with E-state index in [1.807, 2.05) is 14.1 Å². The number of amides is 2. The molecule has 1 heterocycles. The summed E-state index contributed by atoms with van der Waals surface area (Å²) in [5.74, 6) is -2.63. The summed E-state index contributed by atoms with van der Waals surface area (Å²) in [6, 6.07) is 2.71. The molecular formula is C17H24F2N4O2. The van der Waals surface area contributed by atoms with Gasteiger partial charge < -0.3 is 15.1 Å². The number of nitrogens with zero attached hydrogens (tertiary/aromatic N) is 3. The maximum atomic E-state index is 13.5. The van der Waals surface area contributed by atoms with Crippen LogP contribution in [0.2, 0.25) is 0 Å². The summed E-state index contributed by atoms with van der Waals surface area (Å²) in [6.45, 7) is 4.51. The zero-order valence-corrected chi connectivity index (χ0v) is 14.6. The van der Waals surface area contributed by atoms with Gasteiger partial charge in [0.2, 0.25) is 5.91 Å². The predicted molar refractivity (Wildman–Crippen MR) is 90.3 cm³/mol. The lowest BCUT2D eigenvalue weighted by atomic mass is 10.2. The van der Waals surface area contributed by atoms with Crippen LogP contribution in [0.4, 0.5) is 8.78 Å². The number of benzene rings is 1. The van der Waals surface area contributed by atoms with Crippen LogP contribution in [0.25, 0.3) is 0 Å². The Labute approximate surface area is 146 Å². The number of halogens is 2. The maximum Gasteiger partial charge on any atom is 0.254 e. The van der Waals surface area contributed by atoms with Gasteiger partial charge in [0.1, 0.15) is 11.6 Å². The molecule has 0 atom stereocenters. The minimum Gasteiger partial charge on any atom is -0.343 e. The first-order chi connectivity index (χ1) is 11.9. The van der Waals surface area contributed by atoms with Crippen molar-refractivity contribution in [1.29, 1.82) is 0 Å². The highest BCUT2D eigenvalue weighted by atomic mass is 19.1. The van der Waals surface area contributed by atoms with Crippen LogP contribution in [0.5, 0.6) is 0 Å². The van der Waals surface area contributed by atoms with Gasteiger partial charge in [-0.15, -0.1) is 0 Å². The van der Waals surface area contributed by atoms with Crippen LogP contribution in [0.1, 0.15) is 10.4 Å². The molecule has 0 aliphatic carbocycles. The fourth-order valence-corrected chi connectivity index (χ4v) is 2.60. The third-order valence-corrected chi connectivity index (χ3v) is 4.16. The second-order valence-electron chi connectivity index (χ2n) is 6.33. The monoisotopic (exact) mass is 354 g/mol. The average Bonchev–Trinajstić information content (AvgIpc) is 2.58. The number of carbonyl (C=O) groups is 2. The first kappa shape index (κ1) is 19.3. The lowest BCUT2D eigenvalue weighted by Crippen LogP contribution is -2.52. The average molecular weight is 354 g/mol. The Morgan fingerprint density at radius 3 is 2.44 bits per heavy atom. The van der Waals surface area contributed by atoms with Gasteiger partial charge in [0.05, 0.1) is 12.1 Å². The highest BCUT2D eigenvalue weighted by Crippen LogP contribution is 2.09. The van der Waals surface area contributed by atoms with Crippen molar-refractivity contribution in [2.24, 2.45) is 0 Å². The Morgan fingerprint density at radius 1 is 1.16 bits per heavy atom. The smallest absolute Gasteiger partial charge is 0.254 e. The molecule has 1 aliphatic heterocycles. The van der Waals surface area contributed by atoms with E-state index in [0.717, 1.165) is 38.3 Å². The fraction of sp³-hybridized carbons (Fsp3) is 0.529. The minimum absolute atomic E-state index is 0.201. The molecule has 1 saturated heterocycles. The molecule has 0 bridgehead atoms. The van der Waals surface area contributed by atoms with Crippen LogP contribution < -0.4 is 5.32 Å². The van der Waals surface area contributed by atoms with E-state index in [2.05, 4.69) is 15.1 Å². The normalized spacial score (nSPS) is 15.5. The number of hydrogen-bond donors (Lipinski definition) is 1. The molecule has 1 aliphatic rings. The summed E-state index contributed by atoms with van der Waals surface area (Å²) in [5.41, 5.74) is -0.275. The van der Waals surface area contributed by atoms with Crippen LogP contribution in [-0.4, -0.2) is 86.4 Å². The Bertz CT molecular complexity index is 617. The quantitative estimate of drug-likeness (QED) is 0.804. The predicted octanol–water partition coefficient (Wildman–Crippen LogP) is 0.400. The molecule has 0 saturated carbocycles. The van der Waals surface area contributed by atoms with E-state index in [1.54, 1.807) is 4.90 Å². The largest absolute Gasteiger partial charge is 0.343 e. The van der Waals surface area contributed by atoms with Crippen LogP contribution >= 0.6 is 0 Å². The molecule has 1 aromatic rings. The van der Waals surface area contributed by atoms with Crippen molar-refractivity contribution >= 4 is 11.8 Å². The highest BCUT2D eigenvalue weighted by Gasteiger charge is 2.21. The van der Waals surface area contributed by atoms with Gasteiger partial charge in [0.25, 0.3) is 5.91 Å². The third-order valence-electron chi connectivity index (χ3n) is 4.16. The van der Waals surface area contributed by atoms with Gasteiger partial charge in [-0.05, 0) is 26.2 Å². The fourth-order valence-electron chi connectivity index (χ4n) is 2.60. The van der Waals surface area contributed by atoms with Gasteiger partial charge in [0.15, 0.2) is 0 Å². The summed E-state index contributed by atoms with van der Waals surface area (Å²) in [5, 5.41) is 2.39. The van der Waals surface area contributed by atoms with Crippen LogP contribution in [0.15, 0.2) is 18.2 Å². The van der Waals surface area contributed by atoms with Crippen molar-refractivity contribution in [3.05, 3.63) is 35.4 Å². The van der Waals surface area contributed by atoms with Crippen molar-refractivity contribution in [3.63, 3.8) is 0 Å². The maximum absolute atomic E-state index is 13.5. The molecule has 8 heteroatoms. The molecule has 0 unspecified atom stereocenters. The zero-order chi connectivity index (χ0) is 18.4. The Hall–Kier alpha value is -2.06. The summed E-state index contributed by atoms with van der Waals surface area (Å²) in [6.07, 6.45) is 0. The van der Waals surface area contributed by atoms with E-state index in [1.165, 1.54) is 0 Å². The molecule has 0 aromatic heterocycles. The van der Waals surface area contributed by atoms with Crippen molar-refractivity contribution in [3.8, 4) is 0 Å². The molecule has 2 rings (SSSR count). The lowest BCUT2D eigenvalue weighted by Gasteiger charge is -2.35. The van der Waals surface area contributed by atoms with Crippen molar-refractivity contribution < 1.29 is 18.4 Å². The highest BCUT2D eigenvalue weighted by molar-refractivity contribution is 5.96. The molecule has 1 N–H and O–H groups in total. The van der Waals surface area contributed by atoms with Crippen LogP contribution in [0.3, 0.4) is 0 Å². The number of likely N-dealkylation sites (N-methyl/N-ethyl adjacent to an activating group) is 1. The number of carbonyl (C=O) groups excluding carboxylic acids is 2. The minimum atomic E-state index is -0.945. The van der Waals surface area contributed by atoms with Gasteiger partial charge in [-0.1, -0.05) is 0 Å². The van der Waals surface area contributed by atoms with Crippen LogP contribution in [-0.2, 0) is 4.79 Å². The molecule has 1 fully saturated rings. The first-order valence-electron chi connectivity index (χ1n) is 8.25. The molecule has 0 radical (unpaired) electrons. The summed E-state index contributed by atoms with van der Waals surface area (Å²) < 4.78 is 26.4. The molecular weight excluding hydrogens is 330 g/mol. The standard InChI is InChI=1S/C17H24F2N4O2/c1-21(2)5-6-22-7-9-23(10-8-22)16(24)12-20-17(25)14-4-3-13(18)11-15(14)19/h3-4,11H,5-10,12H2,1-2H3,(H,20,25). The number of piperazine rings is 1. The second kappa shape index (κ2) is 8.87. The van der Waals surface area contributed by atoms with E-state index in [-0.39, 0.29) is 18.0 Å². The number of rotatable bonds is 6.